The Morgan fingerprint density at radius 3 is 2.57 bits per heavy atom. The third-order valence-electron chi connectivity index (χ3n) is 3.37. The van der Waals surface area contributed by atoms with E-state index in [1.165, 1.54) is 15.2 Å². The molecule has 2 heterocycles. The van der Waals surface area contributed by atoms with Crippen LogP contribution < -0.4 is 0 Å². The highest BCUT2D eigenvalue weighted by atomic mass is 127. The minimum absolute atomic E-state index is 0.473. The van der Waals surface area contributed by atoms with Gasteiger partial charge in [0.05, 0.1) is 11.1 Å². The fourth-order valence-corrected chi connectivity index (χ4v) is 4.53. The first-order valence-corrected chi connectivity index (χ1v) is 10.6. The summed E-state index contributed by atoms with van der Waals surface area (Å²) >= 11 is 5.63. The van der Waals surface area contributed by atoms with Crippen molar-refractivity contribution in [1.82, 2.24) is 8.96 Å². The molecular weight excluding hydrogens is 504 g/mol. The molecule has 0 aliphatic rings. The molecule has 0 aliphatic heterocycles. The quantitative estimate of drug-likeness (QED) is 0.386. The minimum Gasteiger partial charge on any atom is -0.279 e. The molecule has 3 rings (SSSR count). The van der Waals surface area contributed by atoms with Crippen LogP contribution in [0.1, 0.15) is 17.0 Å². The second-order valence-corrected chi connectivity index (χ2v) is 7.52. The molecule has 1 aromatic carbocycles. The number of halogens is 5. The summed E-state index contributed by atoms with van der Waals surface area (Å²) in [7, 11) is 1.53. The average Bonchev–Trinajstić information content (AvgIpc) is 2.82. The van der Waals surface area contributed by atoms with Crippen molar-refractivity contribution in [2.75, 3.05) is 0 Å². The van der Waals surface area contributed by atoms with Crippen LogP contribution >= 0.6 is 46.3 Å². The lowest BCUT2D eigenvalue weighted by Crippen LogP contribution is -2.06. The highest BCUT2D eigenvalue weighted by Crippen LogP contribution is 2.32. The van der Waals surface area contributed by atoms with Gasteiger partial charge in [-0.2, -0.15) is 13.2 Å². The van der Waals surface area contributed by atoms with Crippen molar-refractivity contribution < 1.29 is 13.2 Å². The van der Waals surface area contributed by atoms with Crippen molar-refractivity contribution in [1.29, 1.82) is 0 Å². The summed E-state index contributed by atoms with van der Waals surface area (Å²) in [6, 6.07) is 10.5. The Balaban J connectivity index is 1.95. The molecule has 23 heavy (non-hydrogen) atoms. The Labute approximate surface area is 155 Å². The SMILES string of the molecule is FC(F)(F)c1ccc(Cc2cc3cc(Br)ccc3n2SI)nc1. The fourth-order valence-electron chi connectivity index (χ4n) is 2.31. The molecule has 0 saturated carbocycles. The van der Waals surface area contributed by atoms with E-state index in [1.807, 2.05) is 24.3 Å². The normalized spacial score (nSPS) is 12.0. The van der Waals surface area contributed by atoms with E-state index in [0.717, 1.165) is 33.3 Å². The zero-order valence-electron chi connectivity index (χ0n) is 11.4. The molecule has 2 nitrogen and oxygen atoms in total. The van der Waals surface area contributed by atoms with Crippen molar-refractivity contribution in [2.45, 2.75) is 12.6 Å². The number of alkyl halides is 3. The van der Waals surface area contributed by atoms with Crippen molar-refractivity contribution in [3.63, 3.8) is 0 Å². The highest BCUT2D eigenvalue weighted by molar-refractivity contribution is 14.2. The molecule has 8 heteroatoms. The molecule has 0 fully saturated rings. The van der Waals surface area contributed by atoms with Gasteiger partial charge in [-0.15, -0.1) is 0 Å². The zero-order valence-corrected chi connectivity index (χ0v) is 16.0. The predicted octanol–water partition coefficient (Wildman–Crippen LogP) is 6.25. The summed E-state index contributed by atoms with van der Waals surface area (Å²) in [6.45, 7) is 0. The van der Waals surface area contributed by atoms with Crippen molar-refractivity contribution in [3.05, 3.63) is 64.0 Å². The molecule has 2 aromatic heterocycles. The van der Waals surface area contributed by atoms with Crippen molar-refractivity contribution >= 4 is 57.2 Å². The van der Waals surface area contributed by atoms with E-state index in [9.17, 15) is 13.2 Å². The first kappa shape index (κ1) is 17.1. The molecule has 120 valence electrons. The van der Waals surface area contributed by atoms with Gasteiger partial charge in [0, 0.05) is 64.2 Å². The standard InChI is InChI=1S/C15H9BrF3IN2S/c16-11-2-4-14-9(5-11)6-13(22(14)23-20)7-12-3-1-10(8-21-12)15(17,18)19/h1-6,8H,7H2. The third kappa shape index (κ3) is 3.69. The van der Waals surface area contributed by atoms with E-state index < -0.39 is 11.7 Å². The van der Waals surface area contributed by atoms with Gasteiger partial charge in [-0.25, -0.2) is 0 Å². The zero-order chi connectivity index (χ0) is 16.6. The third-order valence-corrected chi connectivity index (χ3v) is 5.62. The van der Waals surface area contributed by atoms with Gasteiger partial charge < -0.3 is 0 Å². The van der Waals surface area contributed by atoms with E-state index in [0.29, 0.717) is 12.1 Å². The molecule has 0 bridgehead atoms. The van der Waals surface area contributed by atoms with Gasteiger partial charge in [0.15, 0.2) is 0 Å². The Kier molecular flexibility index (Phi) is 4.93. The molecule has 0 amide bonds. The summed E-state index contributed by atoms with van der Waals surface area (Å²) in [5, 5.41) is 1.07. The average molecular weight is 513 g/mol. The van der Waals surface area contributed by atoms with Gasteiger partial charge >= 0.3 is 6.18 Å². The Morgan fingerprint density at radius 2 is 1.96 bits per heavy atom. The van der Waals surface area contributed by atoms with Crippen molar-refractivity contribution in [2.24, 2.45) is 0 Å². The summed E-state index contributed by atoms with van der Waals surface area (Å²) < 4.78 is 40.8. The second kappa shape index (κ2) is 6.64. The van der Waals surface area contributed by atoms with Crippen LogP contribution in [-0.2, 0) is 12.6 Å². The maximum Gasteiger partial charge on any atom is 0.417 e. The van der Waals surface area contributed by atoms with E-state index >= 15 is 0 Å². The lowest BCUT2D eigenvalue weighted by Gasteiger charge is -2.08. The van der Waals surface area contributed by atoms with Crippen LogP contribution in [0.15, 0.2) is 47.1 Å². The largest absolute Gasteiger partial charge is 0.417 e. The van der Waals surface area contributed by atoms with E-state index in [-0.39, 0.29) is 0 Å². The number of benzene rings is 1. The summed E-state index contributed by atoms with van der Waals surface area (Å²) in [5.74, 6) is 0. The van der Waals surface area contributed by atoms with E-state index in [1.54, 1.807) is 0 Å². The monoisotopic (exact) mass is 512 g/mol. The first-order chi connectivity index (χ1) is 10.9. The van der Waals surface area contributed by atoms with Crippen molar-refractivity contribution in [3.8, 4) is 0 Å². The summed E-state index contributed by atoms with van der Waals surface area (Å²) in [6.07, 6.45) is -3.00. The molecule has 3 aromatic rings. The number of hydrogen-bond acceptors (Lipinski definition) is 2. The Hall–Kier alpha value is -0.740. The number of nitrogens with zero attached hydrogens (tertiary/aromatic N) is 2. The summed E-state index contributed by atoms with van der Waals surface area (Å²) in [4.78, 5) is 3.95. The first-order valence-electron chi connectivity index (χ1n) is 6.49. The van der Waals surface area contributed by atoms with Gasteiger partial charge in [-0.1, -0.05) is 15.9 Å². The van der Waals surface area contributed by atoms with Gasteiger partial charge in [-0.05, 0) is 36.4 Å². The Morgan fingerprint density at radius 1 is 1.17 bits per heavy atom. The molecule has 0 unspecified atom stereocenters. The number of pyridine rings is 1. The molecular formula is C15H9BrF3IN2S. The van der Waals surface area contributed by atoms with Crippen LogP contribution in [-0.4, -0.2) is 8.96 Å². The molecule has 0 N–H and O–H groups in total. The van der Waals surface area contributed by atoms with Gasteiger partial charge in [0.1, 0.15) is 0 Å². The van der Waals surface area contributed by atoms with E-state index in [4.69, 9.17) is 0 Å². The van der Waals surface area contributed by atoms with Gasteiger partial charge in [-0.3, -0.25) is 8.96 Å². The summed E-state index contributed by atoms with van der Waals surface area (Å²) in [5.41, 5.74) is 1.93. The van der Waals surface area contributed by atoms with Crippen LogP contribution in [0.25, 0.3) is 10.9 Å². The van der Waals surface area contributed by atoms with Crippen LogP contribution in [0.2, 0.25) is 0 Å². The van der Waals surface area contributed by atoms with Crippen LogP contribution in [0.3, 0.4) is 0 Å². The second-order valence-electron chi connectivity index (χ2n) is 4.91. The van der Waals surface area contributed by atoms with Crippen LogP contribution in [0, 0.1) is 0 Å². The topological polar surface area (TPSA) is 17.8 Å². The van der Waals surface area contributed by atoms with Crippen LogP contribution in [0.5, 0.6) is 0 Å². The maximum absolute atomic E-state index is 12.6. The molecule has 0 atom stereocenters. The smallest absolute Gasteiger partial charge is 0.279 e. The van der Waals surface area contributed by atoms with Gasteiger partial charge in [0.25, 0.3) is 0 Å². The predicted molar refractivity (Wildman–Crippen MR) is 98.7 cm³/mol. The molecule has 0 saturated heterocycles. The number of aromatic nitrogens is 2. The number of fused-ring (bicyclic) bond motifs is 1. The molecule has 0 radical (unpaired) electrons. The highest BCUT2D eigenvalue weighted by Gasteiger charge is 2.30. The molecule has 0 spiro atoms. The van der Waals surface area contributed by atoms with E-state index in [2.05, 4.69) is 46.1 Å². The Bertz CT molecular complexity index is 846. The lowest BCUT2D eigenvalue weighted by atomic mass is 10.2. The fraction of sp³-hybridized carbons (Fsp3) is 0.133. The molecule has 0 aliphatic carbocycles. The lowest BCUT2D eigenvalue weighted by molar-refractivity contribution is -0.137. The number of rotatable bonds is 3. The van der Waals surface area contributed by atoms with Crippen LogP contribution in [0.4, 0.5) is 13.2 Å². The maximum atomic E-state index is 12.6. The van der Waals surface area contributed by atoms with Gasteiger partial charge in [0.2, 0.25) is 0 Å². The minimum atomic E-state index is -4.36. The number of hydrogen-bond donors (Lipinski definition) is 0.